The topological polar surface area (TPSA) is 92.5 Å². The average Bonchev–Trinajstić information content (AvgIpc) is 3.00. The van der Waals surface area contributed by atoms with Crippen LogP contribution in [-0.4, -0.2) is 36.9 Å². The van der Waals surface area contributed by atoms with Crippen molar-refractivity contribution in [1.29, 1.82) is 0 Å². The average molecular weight is 351 g/mol. The van der Waals surface area contributed by atoms with E-state index in [-0.39, 0.29) is 23.1 Å². The molecule has 1 amide bonds. The number of sulfonamides is 1. The van der Waals surface area contributed by atoms with Gasteiger partial charge in [-0.1, -0.05) is 31.1 Å². The van der Waals surface area contributed by atoms with Crippen LogP contribution in [0.5, 0.6) is 0 Å². The quantitative estimate of drug-likeness (QED) is 0.823. The highest BCUT2D eigenvalue weighted by Crippen LogP contribution is 2.16. The van der Waals surface area contributed by atoms with Crippen molar-refractivity contribution in [2.24, 2.45) is 0 Å². The summed E-state index contributed by atoms with van der Waals surface area (Å²) in [5.74, 6) is -0.219. The second kappa shape index (κ2) is 7.59. The van der Waals surface area contributed by atoms with Crippen molar-refractivity contribution in [3.8, 4) is 0 Å². The molecule has 2 rings (SSSR count). The van der Waals surface area contributed by atoms with Crippen LogP contribution in [0, 0.1) is 6.92 Å². The molecule has 1 aromatic heterocycles. The summed E-state index contributed by atoms with van der Waals surface area (Å²) in [6.45, 7) is 6.45. The van der Waals surface area contributed by atoms with Crippen molar-refractivity contribution >= 4 is 15.9 Å². The molecule has 7 nitrogen and oxygen atoms in total. The Morgan fingerprint density at radius 3 is 2.33 bits per heavy atom. The molecule has 1 N–H and O–H groups in total. The maximum absolute atomic E-state index is 12.4. The zero-order chi connectivity index (χ0) is 17.7. The van der Waals surface area contributed by atoms with Crippen LogP contribution in [0.2, 0.25) is 0 Å². The van der Waals surface area contributed by atoms with Crippen LogP contribution >= 0.6 is 0 Å². The van der Waals surface area contributed by atoms with Crippen LogP contribution in [-0.2, 0) is 16.6 Å². The van der Waals surface area contributed by atoms with E-state index in [0.717, 1.165) is 5.56 Å². The summed E-state index contributed by atoms with van der Waals surface area (Å²) < 4.78 is 31.1. The highest BCUT2D eigenvalue weighted by Gasteiger charge is 2.21. The van der Waals surface area contributed by atoms with E-state index >= 15 is 0 Å². The molecule has 8 heteroatoms. The van der Waals surface area contributed by atoms with Crippen molar-refractivity contribution in [1.82, 2.24) is 14.8 Å². The zero-order valence-electron chi connectivity index (χ0n) is 13.9. The Morgan fingerprint density at radius 1 is 1.21 bits per heavy atom. The molecule has 0 radical (unpaired) electrons. The van der Waals surface area contributed by atoms with Gasteiger partial charge in [0.15, 0.2) is 0 Å². The number of aromatic nitrogens is 1. The molecule has 2 aromatic rings. The predicted octanol–water partition coefficient (Wildman–Crippen LogP) is 1.94. The SMILES string of the molecule is CCN(CC)S(=O)(=O)c1ccc(CNC(=O)c2cc(C)no2)cc1. The first-order chi connectivity index (χ1) is 11.4. The Kier molecular flexibility index (Phi) is 5.74. The van der Waals surface area contributed by atoms with E-state index < -0.39 is 10.0 Å². The smallest absolute Gasteiger partial charge is 0.290 e. The number of aryl methyl sites for hydroxylation is 1. The molecule has 0 aliphatic rings. The molecular formula is C16H21N3O4S. The second-order valence-electron chi connectivity index (χ2n) is 5.25. The van der Waals surface area contributed by atoms with Crippen LogP contribution in [0.15, 0.2) is 39.8 Å². The zero-order valence-corrected chi connectivity index (χ0v) is 14.8. The molecule has 0 unspecified atom stereocenters. The summed E-state index contributed by atoms with van der Waals surface area (Å²) >= 11 is 0. The lowest BCUT2D eigenvalue weighted by Gasteiger charge is -2.18. The number of carbonyl (C=O) groups excluding carboxylic acids is 1. The molecule has 24 heavy (non-hydrogen) atoms. The van der Waals surface area contributed by atoms with Gasteiger partial charge in [-0.2, -0.15) is 4.31 Å². The fraction of sp³-hybridized carbons (Fsp3) is 0.375. The Labute approximate surface area is 141 Å². The van der Waals surface area contributed by atoms with Crippen LogP contribution in [0.4, 0.5) is 0 Å². The monoisotopic (exact) mass is 351 g/mol. The normalized spacial score (nSPS) is 11.7. The molecule has 1 heterocycles. The Balaban J connectivity index is 2.03. The van der Waals surface area contributed by atoms with Crippen molar-refractivity contribution < 1.29 is 17.7 Å². The number of nitrogens with zero attached hydrogens (tertiary/aromatic N) is 2. The molecule has 0 bridgehead atoms. The molecule has 0 fully saturated rings. The largest absolute Gasteiger partial charge is 0.351 e. The van der Waals surface area contributed by atoms with E-state index in [2.05, 4.69) is 10.5 Å². The van der Waals surface area contributed by atoms with Gasteiger partial charge in [0, 0.05) is 25.7 Å². The lowest BCUT2D eigenvalue weighted by molar-refractivity contribution is 0.0914. The summed E-state index contributed by atoms with van der Waals surface area (Å²) in [7, 11) is -3.47. The van der Waals surface area contributed by atoms with Gasteiger partial charge in [0.25, 0.3) is 5.91 Å². The van der Waals surface area contributed by atoms with E-state index in [1.54, 1.807) is 51.1 Å². The summed E-state index contributed by atoms with van der Waals surface area (Å²) in [4.78, 5) is 12.1. The number of benzene rings is 1. The number of nitrogens with one attached hydrogen (secondary N) is 1. The maximum atomic E-state index is 12.4. The first-order valence-corrected chi connectivity index (χ1v) is 9.13. The Bertz CT molecular complexity index is 793. The molecule has 0 saturated carbocycles. The third kappa shape index (κ3) is 4.01. The molecule has 0 aliphatic heterocycles. The van der Waals surface area contributed by atoms with Gasteiger partial charge in [-0.3, -0.25) is 4.79 Å². The van der Waals surface area contributed by atoms with Crippen molar-refractivity contribution in [3.05, 3.63) is 47.3 Å². The lowest BCUT2D eigenvalue weighted by atomic mass is 10.2. The minimum Gasteiger partial charge on any atom is -0.351 e. The number of hydrogen-bond acceptors (Lipinski definition) is 5. The van der Waals surface area contributed by atoms with E-state index in [9.17, 15) is 13.2 Å². The summed E-state index contributed by atoms with van der Waals surface area (Å²) in [6, 6.07) is 8.02. The van der Waals surface area contributed by atoms with E-state index in [0.29, 0.717) is 18.8 Å². The first kappa shape index (κ1) is 18.2. The minimum absolute atomic E-state index is 0.147. The van der Waals surface area contributed by atoms with E-state index in [1.807, 2.05) is 0 Å². The van der Waals surface area contributed by atoms with Gasteiger partial charge < -0.3 is 9.84 Å². The van der Waals surface area contributed by atoms with Crippen molar-refractivity contribution in [2.45, 2.75) is 32.2 Å². The van der Waals surface area contributed by atoms with Gasteiger partial charge in [0.1, 0.15) is 0 Å². The molecule has 0 aliphatic carbocycles. The van der Waals surface area contributed by atoms with Crippen molar-refractivity contribution in [3.63, 3.8) is 0 Å². The minimum atomic E-state index is -3.47. The number of carbonyl (C=O) groups is 1. The highest BCUT2D eigenvalue weighted by molar-refractivity contribution is 7.89. The van der Waals surface area contributed by atoms with E-state index in [1.165, 1.54) is 4.31 Å². The molecule has 0 spiro atoms. The molecule has 0 atom stereocenters. The van der Waals surface area contributed by atoms with E-state index in [4.69, 9.17) is 4.52 Å². The second-order valence-corrected chi connectivity index (χ2v) is 7.19. The third-order valence-electron chi connectivity index (χ3n) is 3.57. The highest BCUT2D eigenvalue weighted by atomic mass is 32.2. The number of amides is 1. The standard InChI is InChI=1S/C16H21N3O4S/c1-4-19(5-2)24(21,22)14-8-6-13(7-9-14)11-17-16(20)15-10-12(3)18-23-15/h6-10H,4-5,11H2,1-3H3,(H,17,20). The summed E-state index contributed by atoms with van der Waals surface area (Å²) in [6.07, 6.45) is 0. The van der Waals surface area contributed by atoms with Gasteiger partial charge >= 0.3 is 0 Å². The fourth-order valence-electron chi connectivity index (χ4n) is 2.23. The maximum Gasteiger partial charge on any atom is 0.290 e. The fourth-order valence-corrected chi connectivity index (χ4v) is 3.69. The number of hydrogen-bond donors (Lipinski definition) is 1. The van der Waals surface area contributed by atoms with Gasteiger partial charge in [0.2, 0.25) is 15.8 Å². The third-order valence-corrected chi connectivity index (χ3v) is 5.64. The van der Waals surface area contributed by atoms with Gasteiger partial charge in [0.05, 0.1) is 10.6 Å². The molecule has 0 saturated heterocycles. The molecular weight excluding hydrogens is 330 g/mol. The number of rotatable bonds is 7. The van der Waals surface area contributed by atoms with Crippen LogP contribution in [0.1, 0.15) is 35.7 Å². The predicted molar refractivity (Wildman–Crippen MR) is 89.0 cm³/mol. The molecule has 1 aromatic carbocycles. The summed E-state index contributed by atoms with van der Waals surface area (Å²) in [5, 5.41) is 6.36. The Morgan fingerprint density at radius 2 is 1.83 bits per heavy atom. The van der Waals surface area contributed by atoms with Gasteiger partial charge in [-0.25, -0.2) is 8.42 Å². The van der Waals surface area contributed by atoms with Crippen LogP contribution < -0.4 is 5.32 Å². The van der Waals surface area contributed by atoms with Gasteiger partial charge in [-0.05, 0) is 24.6 Å². The van der Waals surface area contributed by atoms with Crippen LogP contribution in [0.3, 0.4) is 0 Å². The van der Waals surface area contributed by atoms with Crippen molar-refractivity contribution in [2.75, 3.05) is 13.1 Å². The molecule has 130 valence electrons. The Hall–Kier alpha value is -2.19. The lowest BCUT2D eigenvalue weighted by Crippen LogP contribution is -2.30. The summed E-state index contributed by atoms with van der Waals surface area (Å²) in [5.41, 5.74) is 1.42. The van der Waals surface area contributed by atoms with Gasteiger partial charge in [-0.15, -0.1) is 0 Å². The van der Waals surface area contributed by atoms with Crippen LogP contribution in [0.25, 0.3) is 0 Å². The first-order valence-electron chi connectivity index (χ1n) is 7.69.